The minimum absolute atomic E-state index is 0.0360. The van der Waals surface area contributed by atoms with Gasteiger partial charge < -0.3 is 15.0 Å². The second-order valence-corrected chi connectivity index (χ2v) is 7.78. The molecule has 132 valence electrons. The zero-order valence-corrected chi connectivity index (χ0v) is 14.4. The first-order chi connectivity index (χ1) is 11.6. The van der Waals surface area contributed by atoms with E-state index in [4.69, 9.17) is 4.74 Å². The first-order valence-corrected chi connectivity index (χ1v) is 9.18. The zero-order valence-electron chi connectivity index (χ0n) is 14.4. The SMILES string of the molecule is CNC(=O)[C@@H]1COC2(CN(C(=O)C3=CCCC3)C2)CN1CC1CC1. The first-order valence-electron chi connectivity index (χ1n) is 9.18. The lowest BCUT2D eigenvalue weighted by molar-refractivity contribution is -0.202. The third-order valence-electron chi connectivity index (χ3n) is 5.78. The summed E-state index contributed by atoms with van der Waals surface area (Å²) in [5.74, 6) is 0.950. The molecule has 6 heteroatoms. The lowest BCUT2D eigenvalue weighted by atomic mass is 9.89. The molecule has 1 saturated carbocycles. The van der Waals surface area contributed by atoms with E-state index in [1.54, 1.807) is 7.05 Å². The Hall–Kier alpha value is -1.40. The molecule has 2 heterocycles. The molecule has 1 N–H and O–H groups in total. The third kappa shape index (κ3) is 2.97. The Morgan fingerprint density at radius 3 is 2.75 bits per heavy atom. The average Bonchev–Trinajstić information content (AvgIpc) is 3.20. The molecule has 0 radical (unpaired) electrons. The van der Waals surface area contributed by atoms with E-state index in [1.807, 2.05) is 4.90 Å². The van der Waals surface area contributed by atoms with Gasteiger partial charge in [-0.25, -0.2) is 0 Å². The molecule has 1 spiro atoms. The highest BCUT2D eigenvalue weighted by Crippen LogP contribution is 2.36. The van der Waals surface area contributed by atoms with Gasteiger partial charge in [0.2, 0.25) is 11.8 Å². The van der Waals surface area contributed by atoms with Crippen molar-refractivity contribution in [2.24, 2.45) is 5.92 Å². The predicted molar refractivity (Wildman–Crippen MR) is 89.3 cm³/mol. The third-order valence-corrected chi connectivity index (χ3v) is 5.78. The van der Waals surface area contributed by atoms with Crippen molar-refractivity contribution in [2.45, 2.75) is 43.7 Å². The lowest BCUT2D eigenvalue weighted by Crippen LogP contribution is -2.73. The van der Waals surface area contributed by atoms with Crippen LogP contribution in [0.3, 0.4) is 0 Å². The number of hydrogen-bond donors (Lipinski definition) is 1. The van der Waals surface area contributed by atoms with Crippen LogP contribution in [0.2, 0.25) is 0 Å². The van der Waals surface area contributed by atoms with Gasteiger partial charge in [-0.1, -0.05) is 6.08 Å². The first kappa shape index (κ1) is 16.1. The number of nitrogens with one attached hydrogen (secondary N) is 1. The summed E-state index contributed by atoms with van der Waals surface area (Å²) in [6.45, 7) is 3.47. The molecule has 0 unspecified atom stereocenters. The van der Waals surface area contributed by atoms with Crippen LogP contribution in [-0.2, 0) is 14.3 Å². The summed E-state index contributed by atoms with van der Waals surface area (Å²) in [4.78, 5) is 28.8. The van der Waals surface area contributed by atoms with Crippen LogP contribution in [0.25, 0.3) is 0 Å². The Kier molecular flexibility index (Phi) is 4.12. The molecule has 0 aromatic carbocycles. The van der Waals surface area contributed by atoms with Crippen molar-refractivity contribution in [3.05, 3.63) is 11.6 Å². The smallest absolute Gasteiger partial charge is 0.249 e. The second kappa shape index (κ2) is 6.15. The van der Waals surface area contributed by atoms with Crippen molar-refractivity contribution >= 4 is 11.8 Å². The van der Waals surface area contributed by atoms with Crippen molar-refractivity contribution in [3.8, 4) is 0 Å². The van der Waals surface area contributed by atoms with Gasteiger partial charge >= 0.3 is 0 Å². The van der Waals surface area contributed by atoms with Crippen molar-refractivity contribution < 1.29 is 14.3 Å². The van der Waals surface area contributed by atoms with E-state index in [2.05, 4.69) is 16.3 Å². The van der Waals surface area contributed by atoms with Gasteiger partial charge in [0.25, 0.3) is 0 Å². The van der Waals surface area contributed by atoms with Crippen molar-refractivity contribution in [1.29, 1.82) is 0 Å². The summed E-state index contributed by atoms with van der Waals surface area (Å²) in [5, 5.41) is 2.75. The van der Waals surface area contributed by atoms with Crippen LogP contribution >= 0.6 is 0 Å². The largest absolute Gasteiger partial charge is 0.368 e. The molecule has 3 fully saturated rings. The zero-order chi connectivity index (χ0) is 16.7. The number of allylic oxidation sites excluding steroid dienone is 1. The number of likely N-dealkylation sites (tertiary alicyclic amines) is 1. The van der Waals surface area contributed by atoms with Crippen LogP contribution in [0.15, 0.2) is 11.6 Å². The number of amides is 2. The second-order valence-electron chi connectivity index (χ2n) is 7.78. The van der Waals surface area contributed by atoms with Crippen molar-refractivity contribution in [2.75, 3.05) is 39.8 Å². The summed E-state index contributed by atoms with van der Waals surface area (Å²) in [7, 11) is 1.68. The molecular weight excluding hydrogens is 306 g/mol. The van der Waals surface area contributed by atoms with Gasteiger partial charge in [0.05, 0.1) is 19.7 Å². The highest BCUT2D eigenvalue weighted by Gasteiger charge is 2.52. The number of likely N-dealkylation sites (N-methyl/N-ethyl adjacent to an activating group) is 1. The number of morpholine rings is 1. The molecule has 6 nitrogen and oxygen atoms in total. The summed E-state index contributed by atoms with van der Waals surface area (Å²) in [6, 6.07) is -0.191. The standard InChI is InChI=1S/C18H27N3O3/c1-19-16(22)15-9-24-18(10-20(15)8-13-6-7-13)11-21(12-18)17(23)14-4-2-3-5-14/h4,13,15H,2-3,5-12H2,1H3,(H,19,22)/t15-/m0/s1. The van der Waals surface area contributed by atoms with Crippen LogP contribution in [0.5, 0.6) is 0 Å². The average molecular weight is 333 g/mol. The molecule has 2 amide bonds. The van der Waals surface area contributed by atoms with Gasteiger partial charge in [-0.2, -0.15) is 0 Å². The van der Waals surface area contributed by atoms with Gasteiger partial charge in [-0.15, -0.1) is 0 Å². The molecule has 0 bridgehead atoms. The highest BCUT2D eigenvalue weighted by atomic mass is 16.5. The van der Waals surface area contributed by atoms with E-state index in [0.29, 0.717) is 19.7 Å². The topological polar surface area (TPSA) is 61.9 Å². The van der Waals surface area contributed by atoms with E-state index < -0.39 is 0 Å². The quantitative estimate of drug-likeness (QED) is 0.815. The summed E-state index contributed by atoms with van der Waals surface area (Å²) in [5.41, 5.74) is 0.701. The molecule has 0 aromatic rings. The predicted octanol–water partition coefficient (Wildman–Crippen LogP) is 0.535. The van der Waals surface area contributed by atoms with Crippen LogP contribution in [0.4, 0.5) is 0 Å². The Bertz CT molecular complexity index is 564. The van der Waals surface area contributed by atoms with E-state index in [9.17, 15) is 9.59 Å². The van der Waals surface area contributed by atoms with Gasteiger partial charge in [0.1, 0.15) is 11.6 Å². The highest BCUT2D eigenvalue weighted by molar-refractivity contribution is 5.94. The molecule has 2 aliphatic heterocycles. The van der Waals surface area contributed by atoms with E-state index in [-0.39, 0.29) is 23.5 Å². The van der Waals surface area contributed by atoms with E-state index >= 15 is 0 Å². The fraction of sp³-hybridized carbons (Fsp3) is 0.778. The normalized spacial score (nSPS) is 29.3. The maximum atomic E-state index is 12.5. The van der Waals surface area contributed by atoms with Crippen molar-refractivity contribution in [3.63, 3.8) is 0 Å². The lowest BCUT2D eigenvalue weighted by Gasteiger charge is -2.55. The molecule has 1 atom stereocenters. The van der Waals surface area contributed by atoms with Gasteiger partial charge in [0.15, 0.2) is 0 Å². The van der Waals surface area contributed by atoms with Crippen LogP contribution < -0.4 is 5.32 Å². The molecule has 0 aromatic heterocycles. The minimum atomic E-state index is -0.270. The Balaban J connectivity index is 1.38. The Morgan fingerprint density at radius 1 is 1.33 bits per heavy atom. The van der Waals surface area contributed by atoms with Crippen LogP contribution in [0, 0.1) is 5.92 Å². The minimum Gasteiger partial charge on any atom is -0.368 e. The molecule has 2 aliphatic carbocycles. The summed E-state index contributed by atoms with van der Waals surface area (Å²) >= 11 is 0. The summed E-state index contributed by atoms with van der Waals surface area (Å²) in [6.07, 6.45) is 7.65. The number of hydrogen-bond acceptors (Lipinski definition) is 4. The number of carbonyl (C=O) groups is 2. The van der Waals surface area contributed by atoms with Gasteiger partial charge in [0, 0.05) is 25.7 Å². The van der Waals surface area contributed by atoms with Gasteiger partial charge in [-0.05, 0) is 38.0 Å². The van der Waals surface area contributed by atoms with Crippen LogP contribution in [0.1, 0.15) is 32.1 Å². The van der Waals surface area contributed by atoms with E-state index in [0.717, 1.165) is 43.8 Å². The van der Waals surface area contributed by atoms with E-state index in [1.165, 1.54) is 12.8 Å². The molecule has 24 heavy (non-hydrogen) atoms. The fourth-order valence-electron chi connectivity index (χ4n) is 4.17. The maximum Gasteiger partial charge on any atom is 0.249 e. The summed E-state index contributed by atoms with van der Waals surface area (Å²) < 4.78 is 6.10. The van der Waals surface area contributed by atoms with Crippen molar-refractivity contribution in [1.82, 2.24) is 15.1 Å². The maximum absolute atomic E-state index is 12.5. The molecule has 4 aliphatic rings. The molecule has 4 rings (SSSR count). The number of ether oxygens (including phenoxy) is 1. The number of nitrogens with zero attached hydrogens (tertiary/aromatic N) is 2. The Morgan fingerprint density at radius 2 is 2.12 bits per heavy atom. The van der Waals surface area contributed by atoms with Crippen LogP contribution in [-0.4, -0.2) is 73.1 Å². The Labute approximate surface area is 143 Å². The number of rotatable bonds is 4. The molecular formula is C18H27N3O3. The fourth-order valence-corrected chi connectivity index (χ4v) is 4.17. The number of carbonyl (C=O) groups excluding carboxylic acids is 2. The van der Waals surface area contributed by atoms with Gasteiger partial charge in [-0.3, -0.25) is 14.5 Å². The molecule has 2 saturated heterocycles. The monoisotopic (exact) mass is 333 g/mol.